The van der Waals surface area contributed by atoms with Crippen molar-refractivity contribution in [2.45, 2.75) is 26.8 Å². The van der Waals surface area contributed by atoms with Crippen LogP contribution in [0.5, 0.6) is 0 Å². The minimum Gasteiger partial charge on any atom is -0.353 e. The van der Waals surface area contributed by atoms with Gasteiger partial charge in [0.1, 0.15) is 0 Å². The number of hydrogen-bond acceptors (Lipinski definition) is 3. The van der Waals surface area contributed by atoms with Crippen LogP contribution in [0.4, 0.5) is 0 Å². The first-order valence-corrected chi connectivity index (χ1v) is 6.46. The van der Waals surface area contributed by atoms with E-state index in [0.29, 0.717) is 5.56 Å². The van der Waals surface area contributed by atoms with Crippen molar-refractivity contribution in [3.63, 3.8) is 0 Å². The SMILES string of the molecule is Cc1ccc(C(=O)CN(C)CC(=O)NC(C)C)cc1. The second-order valence-electron chi connectivity index (χ2n) is 5.18. The Morgan fingerprint density at radius 3 is 2.26 bits per heavy atom. The normalized spacial score (nSPS) is 10.8. The van der Waals surface area contributed by atoms with Gasteiger partial charge in [-0.15, -0.1) is 0 Å². The van der Waals surface area contributed by atoms with Crippen molar-refractivity contribution in [3.05, 3.63) is 35.4 Å². The number of Topliss-reactive ketones (excluding diaryl/α,β-unsaturated/α-hetero) is 1. The van der Waals surface area contributed by atoms with E-state index in [0.717, 1.165) is 5.56 Å². The lowest BCUT2D eigenvalue weighted by molar-refractivity contribution is -0.122. The smallest absolute Gasteiger partial charge is 0.234 e. The van der Waals surface area contributed by atoms with E-state index >= 15 is 0 Å². The number of amides is 1. The molecule has 0 bridgehead atoms. The Bertz CT molecular complexity index is 438. The summed E-state index contributed by atoms with van der Waals surface area (Å²) in [6, 6.07) is 7.59. The molecule has 0 atom stereocenters. The Labute approximate surface area is 114 Å². The van der Waals surface area contributed by atoms with Gasteiger partial charge in [0.05, 0.1) is 13.1 Å². The van der Waals surface area contributed by atoms with E-state index in [-0.39, 0.29) is 30.8 Å². The van der Waals surface area contributed by atoms with Crippen LogP contribution in [0.2, 0.25) is 0 Å². The third kappa shape index (κ3) is 5.66. The first kappa shape index (κ1) is 15.4. The zero-order valence-corrected chi connectivity index (χ0v) is 12.1. The number of nitrogens with one attached hydrogen (secondary N) is 1. The summed E-state index contributed by atoms with van der Waals surface area (Å²) < 4.78 is 0. The van der Waals surface area contributed by atoms with Crippen molar-refractivity contribution < 1.29 is 9.59 Å². The third-order valence-corrected chi connectivity index (χ3v) is 2.65. The molecule has 0 aliphatic heterocycles. The first-order chi connectivity index (χ1) is 8.88. The molecular weight excluding hydrogens is 240 g/mol. The quantitative estimate of drug-likeness (QED) is 0.793. The van der Waals surface area contributed by atoms with Crippen LogP contribution in [-0.4, -0.2) is 42.8 Å². The van der Waals surface area contributed by atoms with E-state index in [2.05, 4.69) is 5.32 Å². The summed E-state index contributed by atoms with van der Waals surface area (Å²) in [6.45, 7) is 6.28. The highest BCUT2D eigenvalue weighted by Crippen LogP contribution is 2.04. The summed E-state index contributed by atoms with van der Waals surface area (Å²) in [7, 11) is 1.77. The maximum Gasteiger partial charge on any atom is 0.234 e. The van der Waals surface area contributed by atoms with Gasteiger partial charge in [-0.2, -0.15) is 0 Å². The van der Waals surface area contributed by atoms with Crippen molar-refractivity contribution in [3.8, 4) is 0 Å². The molecule has 0 aliphatic rings. The lowest BCUT2D eigenvalue weighted by Crippen LogP contribution is -2.40. The molecule has 0 radical (unpaired) electrons. The summed E-state index contributed by atoms with van der Waals surface area (Å²) in [5.41, 5.74) is 1.81. The molecule has 1 aromatic rings. The molecular formula is C15H22N2O2. The maximum atomic E-state index is 12.0. The minimum atomic E-state index is -0.0609. The molecule has 1 aromatic carbocycles. The van der Waals surface area contributed by atoms with Crippen LogP contribution >= 0.6 is 0 Å². The number of likely N-dealkylation sites (N-methyl/N-ethyl adjacent to an activating group) is 1. The van der Waals surface area contributed by atoms with Gasteiger partial charge in [-0.3, -0.25) is 14.5 Å². The number of carbonyl (C=O) groups is 2. The van der Waals surface area contributed by atoms with Crippen LogP contribution < -0.4 is 5.32 Å². The van der Waals surface area contributed by atoms with Crippen LogP contribution in [0.3, 0.4) is 0 Å². The van der Waals surface area contributed by atoms with Gasteiger partial charge in [0.25, 0.3) is 0 Å². The average molecular weight is 262 g/mol. The van der Waals surface area contributed by atoms with Gasteiger partial charge in [-0.05, 0) is 27.8 Å². The summed E-state index contributed by atoms with van der Waals surface area (Å²) >= 11 is 0. The fourth-order valence-electron chi connectivity index (χ4n) is 1.74. The van der Waals surface area contributed by atoms with Crippen molar-refractivity contribution in [2.75, 3.05) is 20.1 Å². The van der Waals surface area contributed by atoms with Crippen molar-refractivity contribution in [1.82, 2.24) is 10.2 Å². The number of ketones is 1. The lowest BCUT2D eigenvalue weighted by atomic mass is 10.1. The maximum absolute atomic E-state index is 12.0. The summed E-state index contributed by atoms with van der Waals surface area (Å²) in [5.74, 6) is -0.0333. The molecule has 0 fully saturated rings. The number of nitrogens with zero attached hydrogens (tertiary/aromatic N) is 1. The van der Waals surface area contributed by atoms with E-state index in [1.807, 2.05) is 45.0 Å². The molecule has 4 nitrogen and oxygen atoms in total. The zero-order chi connectivity index (χ0) is 14.4. The van der Waals surface area contributed by atoms with E-state index in [9.17, 15) is 9.59 Å². The summed E-state index contributed by atoms with van der Waals surface area (Å²) in [4.78, 5) is 25.3. The molecule has 4 heteroatoms. The van der Waals surface area contributed by atoms with E-state index in [4.69, 9.17) is 0 Å². The molecule has 104 valence electrons. The average Bonchev–Trinajstić information content (AvgIpc) is 2.27. The van der Waals surface area contributed by atoms with Crippen LogP contribution in [0.1, 0.15) is 29.8 Å². The highest BCUT2D eigenvalue weighted by Gasteiger charge is 2.12. The minimum absolute atomic E-state index is 0.0276. The number of benzene rings is 1. The third-order valence-electron chi connectivity index (χ3n) is 2.65. The largest absolute Gasteiger partial charge is 0.353 e. The molecule has 1 rings (SSSR count). The Kier molecular flexibility index (Phi) is 5.70. The number of aryl methyl sites for hydroxylation is 1. The van der Waals surface area contributed by atoms with Crippen LogP contribution in [0, 0.1) is 6.92 Å². The van der Waals surface area contributed by atoms with E-state index in [1.54, 1.807) is 11.9 Å². The topological polar surface area (TPSA) is 49.4 Å². The van der Waals surface area contributed by atoms with Gasteiger partial charge in [-0.25, -0.2) is 0 Å². The molecule has 1 N–H and O–H groups in total. The second kappa shape index (κ2) is 7.04. The van der Waals surface area contributed by atoms with Gasteiger partial charge in [0.15, 0.2) is 5.78 Å². The Hall–Kier alpha value is -1.68. The highest BCUT2D eigenvalue weighted by molar-refractivity contribution is 5.97. The van der Waals surface area contributed by atoms with Crippen molar-refractivity contribution in [2.24, 2.45) is 0 Å². The molecule has 0 aromatic heterocycles. The molecule has 0 saturated carbocycles. The Morgan fingerprint density at radius 2 is 1.74 bits per heavy atom. The standard InChI is InChI=1S/C15H22N2O2/c1-11(2)16-15(19)10-17(4)9-14(18)13-7-5-12(3)6-8-13/h5-8,11H,9-10H2,1-4H3,(H,16,19). The fraction of sp³-hybridized carbons (Fsp3) is 0.467. The second-order valence-corrected chi connectivity index (χ2v) is 5.18. The van der Waals surface area contributed by atoms with Crippen molar-refractivity contribution >= 4 is 11.7 Å². The Balaban J connectivity index is 2.48. The van der Waals surface area contributed by atoms with E-state index < -0.39 is 0 Å². The molecule has 19 heavy (non-hydrogen) atoms. The number of rotatable bonds is 6. The first-order valence-electron chi connectivity index (χ1n) is 6.46. The van der Waals surface area contributed by atoms with E-state index in [1.165, 1.54) is 0 Å². The predicted molar refractivity (Wildman–Crippen MR) is 76.3 cm³/mol. The summed E-state index contributed by atoms with van der Waals surface area (Å²) in [5, 5.41) is 2.80. The monoisotopic (exact) mass is 262 g/mol. The highest BCUT2D eigenvalue weighted by atomic mass is 16.2. The zero-order valence-electron chi connectivity index (χ0n) is 12.1. The summed E-state index contributed by atoms with van der Waals surface area (Å²) in [6.07, 6.45) is 0. The molecule has 1 amide bonds. The number of hydrogen-bond donors (Lipinski definition) is 1. The van der Waals surface area contributed by atoms with Gasteiger partial charge < -0.3 is 5.32 Å². The van der Waals surface area contributed by atoms with Gasteiger partial charge in [0, 0.05) is 11.6 Å². The predicted octanol–water partition coefficient (Wildman–Crippen LogP) is 1.63. The van der Waals surface area contributed by atoms with Crippen LogP contribution in [0.25, 0.3) is 0 Å². The molecule has 0 aliphatic carbocycles. The van der Waals surface area contributed by atoms with Gasteiger partial charge in [-0.1, -0.05) is 29.8 Å². The molecule has 0 unspecified atom stereocenters. The number of carbonyl (C=O) groups excluding carboxylic acids is 2. The molecule has 0 saturated heterocycles. The van der Waals surface area contributed by atoms with Gasteiger partial charge >= 0.3 is 0 Å². The fourth-order valence-corrected chi connectivity index (χ4v) is 1.74. The van der Waals surface area contributed by atoms with Crippen LogP contribution in [-0.2, 0) is 4.79 Å². The van der Waals surface area contributed by atoms with Gasteiger partial charge in [0.2, 0.25) is 5.91 Å². The van der Waals surface area contributed by atoms with Crippen LogP contribution in [0.15, 0.2) is 24.3 Å². The lowest BCUT2D eigenvalue weighted by Gasteiger charge is -2.16. The molecule has 0 spiro atoms. The molecule has 0 heterocycles. The Morgan fingerprint density at radius 1 is 1.16 bits per heavy atom. The van der Waals surface area contributed by atoms with Crippen molar-refractivity contribution in [1.29, 1.82) is 0 Å².